The fraction of sp³-hybridized carbons (Fsp3) is 0.500. The second-order valence-electron chi connectivity index (χ2n) is 3.88. The van der Waals surface area contributed by atoms with Crippen molar-refractivity contribution in [2.24, 2.45) is 0 Å². The van der Waals surface area contributed by atoms with E-state index in [4.69, 9.17) is 16.7 Å². The van der Waals surface area contributed by atoms with Crippen LogP contribution in [0.4, 0.5) is 0 Å². The molecule has 0 aliphatic heterocycles. The first kappa shape index (κ1) is 13.2. The maximum atomic E-state index is 9.97. The van der Waals surface area contributed by atoms with Gasteiger partial charge in [0.05, 0.1) is 19.0 Å². The average Bonchev–Trinajstić information content (AvgIpc) is 2.81. The van der Waals surface area contributed by atoms with Crippen molar-refractivity contribution in [2.75, 3.05) is 6.61 Å². The monoisotopic (exact) mass is 272 g/mol. The summed E-state index contributed by atoms with van der Waals surface area (Å²) in [6, 6.07) is 0. The molecule has 1 unspecified atom stereocenters. The number of aliphatic hydroxyl groups excluding tert-OH is 3. The minimum atomic E-state index is -0.887. The van der Waals surface area contributed by atoms with E-state index in [9.17, 15) is 10.2 Å². The van der Waals surface area contributed by atoms with Gasteiger partial charge in [0.2, 0.25) is 0 Å². The van der Waals surface area contributed by atoms with Gasteiger partial charge in [-0.25, -0.2) is 15.0 Å². The molecule has 18 heavy (non-hydrogen) atoms. The SMILES string of the molecule is OC[C@@H](O)CCC(O)n1cnc2c(Cl)ncnc21. The second kappa shape index (κ2) is 5.57. The van der Waals surface area contributed by atoms with E-state index in [1.807, 2.05) is 0 Å². The zero-order valence-electron chi connectivity index (χ0n) is 9.44. The number of imidazole rings is 1. The highest BCUT2D eigenvalue weighted by Gasteiger charge is 2.15. The van der Waals surface area contributed by atoms with Crippen LogP contribution in [0.15, 0.2) is 12.7 Å². The van der Waals surface area contributed by atoms with Gasteiger partial charge in [0.1, 0.15) is 18.1 Å². The molecule has 2 aromatic rings. The topological polar surface area (TPSA) is 104 Å². The van der Waals surface area contributed by atoms with Crippen LogP contribution in [-0.4, -0.2) is 47.5 Å². The summed E-state index contributed by atoms with van der Waals surface area (Å²) >= 11 is 5.84. The normalized spacial score (nSPS) is 14.9. The van der Waals surface area contributed by atoms with Crippen LogP contribution in [0, 0.1) is 0 Å². The van der Waals surface area contributed by atoms with E-state index in [1.165, 1.54) is 17.2 Å². The largest absolute Gasteiger partial charge is 0.394 e. The molecule has 0 radical (unpaired) electrons. The van der Waals surface area contributed by atoms with Crippen LogP contribution in [0.5, 0.6) is 0 Å². The highest BCUT2D eigenvalue weighted by molar-refractivity contribution is 6.33. The quantitative estimate of drug-likeness (QED) is 0.667. The van der Waals surface area contributed by atoms with Crippen LogP contribution in [0.3, 0.4) is 0 Å². The van der Waals surface area contributed by atoms with Crippen molar-refractivity contribution in [3.8, 4) is 0 Å². The highest BCUT2D eigenvalue weighted by atomic mass is 35.5. The van der Waals surface area contributed by atoms with E-state index in [0.29, 0.717) is 11.2 Å². The smallest absolute Gasteiger partial charge is 0.166 e. The third kappa shape index (κ3) is 2.59. The zero-order valence-corrected chi connectivity index (χ0v) is 10.2. The Bertz CT molecular complexity index is 533. The van der Waals surface area contributed by atoms with Crippen molar-refractivity contribution in [2.45, 2.75) is 25.2 Å². The van der Waals surface area contributed by atoms with Gasteiger partial charge in [-0.1, -0.05) is 11.6 Å². The molecule has 0 saturated carbocycles. The van der Waals surface area contributed by atoms with Crippen LogP contribution in [0.1, 0.15) is 19.1 Å². The molecule has 2 aromatic heterocycles. The van der Waals surface area contributed by atoms with Gasteiger partial charge in [-0.15, -0.1) is 0 Å². The standard InChI is InChI=1S/C10H13ClN4O3/c11-9-8-10(13-4-12-9)15(5-14-8)7(18)2-1-6(17)3-16/h4-7,16-18H,1-3H2/t6-,7?/m0/s1. The van der Waals surface area contributed by atoms with Crippen molar-refractivity contribution in [1.29, 1.82) is 0 Å². The van der Waals surface area contributed by atoms with Crippen molar-refractivity contribution < 1.29 is 15.3 Å². The van der Waals surface area contributed by atoms with E-state index in [0.717, 1.165) is 0 Å². The van der Waals surface area contributed by atoms with E-state index in [1.54, 1.807) is 0 Å². The highest BCUT2D eigenvalue weighted by Crippen LogP contribution is 2.21. The molecule has 0 aliphatic carbocycles. The molecular formula is C10H13ClN4O3. The Morgan fingerprint density at radius 1 is 1.22 bits per heavy atom. The van der Waals surface area contributed by atoms with Gasteiger partial charge in [0.15, 0.2) is 10.8 Å². The summed E-state index contributed by atoms with van der Waals surface area (Å²) in [4.78, 5) is 11.8. The number of nitrogens with zero attached hydrogens (tertiary/aromatic N) is 4. The summed E-state index contributed by atoms with van der Waals surface area (Å²) in [6.45, 7) is -0.328. The lowest BCUT2D eigenvalue weighted by Crippen LogP contribution is -2.15. The molecule has 2 atom stereocenters. The Labute approximate surface area is 108 Å². The van der Waals surface area contributed by atoms with Crippen LogP contribution < -0.4 is 0 Å². The molecule has 0 saturated heterocycles. The summed E-state index contributed by atoms with van der Waals surface area (Å²) in [5.74, 6) is 0. The Kier molecular flexibility index (Phi) is 4.07. The first-order valence-corrected chi connectivity index (χ1v) is 5.81. The molecule has 7 nitrogen and oxygen atoms in total. The molecule has 2 rings (SSSR count). The molecule has 0 spiro atoms. The Hall–Kier alpha value is -1.28. The third-order valence-electron chi connectivity index (χ3n) is 2.60. The van der Waals surface area contributed by atoms with E-state index in [2.05, 4.69) is 15.0 Å². The van der Waals surface area contributed by atoms with E-state index < -0.39 is 12.3 Å². The molecule has 0 aliphatic rings. The van der Waals surface area contributed by atoms with Crippen molar-refractivity contribution in [3.63, 3.8) is 0 Å². The molecule has 98 valence electrons. The third-order valence-corrected chi connectivity index (χ3v) is 2.88. The average molecular weight is 273 g/mol. The lowest BCUT2D eigenvalue weighted by molar-refractivity contribution is 0.0474. The first-order valence-electron chi connectivity index (χ1n) is 5.43. The number of rotatable bonds is 5. The number of fused-ring (bicyclic) bond motifs is 1. The Morgan fingerprint density at radius 3 is 2.72 bits per heavy atom. The molecule has 0 fully saturated rings. The Balaban J connectivity index is 2.18. The van der Waals surface area contributed by atoms with Crippen LogP contribution in [0.2, 0.25) is 5.15 Å². The second-order valence-corrected chi connectivity index (χ2v) is 4.24. The van der Waals surface area contributed by atoms with Gasteiger partial charge in [-0.2, -0.15) is 0 Å². The lowest BCUT2D eigenvalue weighted by Gasteiger charge is -2.14. The lowest BCUT2D eigenvalue weighted by atomic mass is 10.2. The van der Waals surface area contributed by atoms with Crippen molar-refractivity contribution >= 4 is 22.8 Å². The van der Waals surface area contributed by atoms with Crippen LogP contribution in [0.25, 0.3) is 11.2 Å². The van der Waals surface area contributed by atoms with Crippen molar-refractivity contribution in [3.05, 3.63) is 17.8 Å². The predicted molar refractivity (Wildman–Crippen MR) is 63.9 cm³/mol. The number of halogens is 1. The summed E-state index contributed by atoms with van der Waals surface area (Å²) in [6.07, 6.45) is 1.53. The summed E-state index contributed by atoms with van der Waals surface area (Å²) in [5, 5.41) is 28.1. The van der Waals surface area contributed by atoms with E-state index in [-0.39, 0.29) is 24.6 Å². The van der Waals surface area contributed by atoms with Crippen LogP contribution in [-0.2, 0) is 0 Å². The van der Waals surface area contributed by atoms with Gasteiger partial charge in [-0.3, -0.25) is 4.57 Å². The molecular weight excluding hydrogens is 260 g/mol. The number of aromatic nitrogens is 4. The maximum absolute atomic E-state index is 9.97. The minimum Gasteiger partial charge on any atom is -0.394 e. The van der Waals surface area contributed by atoms with Gasteiger partial charge in [0, 0.05) is 0 Å². The van der Waals surface area contributed by atoms with Gasteiger partial charge < -0.3 is 15.3 Å². The fourth-order valence-corrected chi connectivity index (χ4v) is 1.79. The predicted octanol–water partition coefficient (Wildman–Crippen LogP) is 0.104. The fourth-order valence-electron chi connectivity index (χ4n) is 1.61. The van der Waals surface area contributed by atoms with Gasteiger partial charge in [-0.05, 0) is 12.8 Å². The van der Waals surface area contributed by atoms with Gasteiger partial charge in [0.25, 0.3) is 0 Å². The van der Waals surface area contributed by atoms with Gasteiger partial charge >= 0.3 is 0 Å². The number of hydrogen-bond acceptors (Lipinski definition) is 6. The zero-order chi connectivity index (χ0) is 13.1. The summed E-state index contributed by atoms with van der Waals surface area (Å²) in [7, 11) is 0. The van der Waals surface area contributed by atoms with Crippen LogP contribution >= 0.6 is 11.6 Å². The molecule has 8 heteroatoms. The first-order chi connectivity index (χ1) is 8.63. The number of hydrogen-bond donors (Lipinski definition) is 3. The minimum absolute atomic E-state index is 0.223. The Morgan fingerprint density at radius 2 is 2.00 bits per heavy atom. The molecule has 3 N–H and O–H groups in total. The summed E-state index contributed by atoms with van der Waals surface area (Å²) < 4.78 is 1.45. The molecule has 0 amide bonds. The molecule has 0 bridgehead atoms. The number of aliphatic hydroxyl groups is 3. The van der Waals surface area contributed by atoms with Crippen molar-refractivity contribution in [1.82, 2.24) is 19.5 Å². The molecule has 0 aromatic carbocycles. The summed E-state index contributed by atoms with van der Waals surface area (Å²) in [5.41, 5.74) is 0.849. The molecule has 2 heterocycles. The maximum Gasteiger partial charge on any atom is 0.166 e. The van der Waals surface area contributed by atoms with E-state index >= 15 is 0 Å².